The number of morpholine rings is 1. The van der Waals surface area contributed by atoms with E-state index in [1.165, 1.54) is 10.7 Å². The Balaban J connectivity index is 1.45. The summed E-state index contributed by atoms with van der Waals surface area (Å²) in [4.78, 5) is 24.2. The van der Waals surface area contributed by atoms with Gasteiger partial charge in [0.1, 0.15) is 11.9 Å². The molecular formula is C27H23FN6O2. The number of nitriles is 1. The monoisotopic (exact) mass is 482 g/mol. The number of hydrogen-bond acceptors (Lipinski definition) is 6. The highest BCUT2D eigenvalue weighted by Crippen LogP contribution is 2.36. The number of halogens is 1. The van der Waals surface area contributed by atoms with Gasteiger partial charge in [0.25, 0.3) is 11.9 Å². The maximum atomic E-state index is 14.6. The molecule has 3 heterocycles. The average molecular weight is 483 g/mol. The fraction of sp³-hybridized carbons (Fsp3) is 0.296. The molecule has 4 aromatic rings. The summed E-state index contributed by atoms with van der Waals surface area (Å²) >= 11 is 0. The van der Waals surface area contributed by atoms with Gasteiger partial charge < -0.3 is 9.64 Å². The number of fused-ring (bicyclic) bond motifs is 1. The normalized spacial score (nSPS) is 15.7. The Bertz CT molecular complexity index is 1510. The van der Waals surface area contributed by atoms with Crippen molar-refractivity contribution in [3.63, 3.8) is 0 Å². The Hall–Kier alpha value is -4.16. The molecule has 1 amide bonds. The van der Waals surface area contributed by atoms with E-state index in [0.29, 0.717) is 66.2 Å². The van der Waals surface area contributed by atoms with Crippen LogP contribution in [0.15, 0.2) is 48.7 Å². The molecule has 1 aliphatic heterocycles. The van der Waals surface area contributed by atoms with Crippen molar-refractivity contribution in [1.29, 1.82) is 5.26 Å². The van der Waals surface area contributed by atoms with Gasteiger partial charge in [-0.3, -0.25) is 4.79 Å². The largest absolute Gasteiger partial charge is 0.378 e. The molecule has 0 N–H and O–H groups in total. The molecule has 0 spiro atoms. The third kappa shape index (κ3) is 4.10. The highest BCUT2D eigenvalue weighted by atomic mass is 19.1. The smallest absolute Gasteiger partial charge is 0.254 e. The van der Waals surface area contributed by atoms with Crippen molar-refractivity contribution >= 4 is 16.8 Å². The van der Waals surface area contributed by atoms with Crippen LogP contribution in [-0.2, 0) is 11.2 Å². The van der Waals surface area contributed by atoms with Crippen molar-refractivity contribution in [3.05, 3.63) is 71.4 Å². The Labute approximate surface area is 207 Å². The first kappa shape index (κ1) is 22.3. The SMILES string of the molecule is N#Cc1nn(-c2ncc(-c3ccccc3F)c(CC3CC3)n2)c2cc(C(=O)N3CCOCC3)ccc12. The third-order valence-corrected chi connectivity index (χ3v) is 6.72. The van der Waals surface area contributed by atoms with E-state index in [-0.39, 0.29) is 23.4 Å². The molecule has 1 saturated heterocycles. The molecule has 0 radical (unpaired) electrons. The molecule has 2 aromatic heterocycles. The Morgan fingerprint density at radius 1 is 1.14 bits per heavy atom. The number of aromatic nitrogens is 4. The van der Waals surface area contributed by atoms with E-state index >= 15 is 0 Å². The zero-order valence-electron chi connectivity index (χ0n) is 19.5. The molecular weight excluding hydrogens is 459 g/mol. The van der Waals surface area contributed by atoms with Crippen LogP contribution in [-0.4, -0.2) is 56.9 Å². The van der Waals surface area contributed by atoms with Gasteiger partial charge in [0.2, 0.25) is 0 Å². The number of rotatable bonds is 5. The number of carbonyl (C=O) groups excluding carboxylic acids is 1. The van der Waals surface area contributed by atoms with E-state index in [1.807, 2.05) is 0 Å². The van der Waals surface area contributed by atoms with Crippen molar-refractivity contribution in [1.82, 2.24) is 24.6 Å². The summed E-state index contributed by atoms with van der Waals surface area (Å²) in [6.07, 6.45) is 4.57. The average Bonchev–Trinajstić information content (AvgIpc) is 3.66. The van der Waals surface area contributed by atoms with Crippen molar-refractivity contribution < 1.29 is 13.9 Å². The highest BCUT2D eigenvalue weighted by Gasteiger charge is 2.26. The van der Waals surface area contributed by atoms with Gasteiger partial charge in [-0.25, -0.2) is 14.4 Å². The van der Waals surface area contributed by atoms with Crippen LogP contribution in [0.3, 0.4) is 0 Å². The van der Waals surface area contributed by atoms with Crippen molar-refractivity contribution in [2.24, 2.45) is 5.92 Å². The molecule has 2 aromatic carbocycles. The van der Waals surface area contributed by atoms with Crippen LogP contribution in [0.4, 0.5) is 4.39 Å². The Kier molecular flexibility index (Phi) is 5.66. The maximum Gasteiger partial charge on any atom is 0.254 e. The lowest BCUT2D eigenvalue weighted by Gasteiger charge is -2.26. The maximum absolute atomic E-state index is 14.6. The second kappa shape index (κ2) is 9.13. The van der Waals surface area contributed by atoms with E-state index in [1.54, 1.807) is 47.5 Å². The van der Waals surface area contributed by atoms with Gasteiger partial charge in [0.15, 0.2) is 5.69 Å². The van der Waals surface area contributed by atoms with Crippen LogP contribution >= 0.6 is 0 Å². The molecule has 6 rings (SSSR count). The zero-order valence-corrected chi connectivity index (χ0v) is 19.5. The van der Waals surface area contributed by atoms with Crippen LogP contribution in [0.1, 0.15) is 34.6 Å². The van der Waals surface area contributed by atoms with Crippen LogP contribution in [0, 0.1) is 23.1 Å². The van der Waals surface area contributed by atoms with E-state index in [4.69, 9.17) is 9.72 Å². The van der Waals surface area contributed by atoms with Crippen LogP contribution in [0.25, 0.3) is 28.0 Å². The summed E-state index contributed by atoms with van der Waals surface area (Å²) < 4.78 is 21.5. The lowest BCUT2D eigenvalue weighted by atomic mass is 10.0. The fourth-order valence-electron chi connectivity index (χ4n) is 4.60. The van der Waals surface area contributed by atoms with Gasteiger partial charge in [-0.1, -0.05) is 18.2 Å². The van der Waals surface area contributed by atoms with Gasteiger partial charge in [-0.2, -0.15) is 15.0 Å². The molecule has 9 heteroatoms. The van der Waals surface area contributed by atoms with E-state index in [2.05, 4.69) is 16.2 Å². The van der Waals surface area contributed by atoms with Crippen LogP contribution in [0.2, 0.25) is 0 Å². The summed E-state index contributed by atoms with van der Waals surface area (Å²) in [5.74, 6) is 0.374. The molecule has 0 atom stereocenters. The highest BCUT2D eigenvalue weighted by molar-refractivity contribution is 5.99. The quantitative estimate of drug-likeness (QED) is 0.428. The van der Waals surface area contributed by atoms with Crippen molar-refractivity contribution in [3.8, 4) is 23.1 Å². The number of amides is 1. The third-order valence-electron chi connectivity index (χ3n) is 6.72. The first-order valence-corrected chi connectivity index (χ1v) is 12.0. The van der Waals surface area contributed by atoms with E-state index < -0.39 is 0 Å². The van der Waals surface area contributed by atoms with E-state index in [9.17, 15) is 14.4 Å². The predicted molar refractivity (Wildman–Crippen MR) is 130 cm³/mol. The second-order valence-corrected chi connectivity index (χ2v) is 9.17. The van der Waals surface area contributed by atoms with Gasteiger partial charge in [-0.15, -0.1) is 0 Å². The molecule has 2 aliphatic rings. The van der Waals surface area contributed by atoms with Gasteiger partial charge in [-0.05, 0) is 49.4 Å². The topological polar surface area (TPSA) is 96.9 Å². The summed E-state index contributed by atoms with van der Waals surface area (Å²) in [6, 6.07) is 13.9. The van der Waals surface area contributed by atoms with Crippen molar-refractivity contribution in [2.45, 2.75) is 19.3 Å². The van der Waals surface area contributed by atoms with Gasteiger partial charge in [0.05, 0.1) is 24.4 Å². The standard InChI is InChI=1S/C27H23FN6O2/c28-22-4-2-1-3-19(22)21-16-30-27(31-23(21)13-17-5-6-17)34-25-14-18(7-8-20(25)24(15-29)32-34)26(35)33-9-11-36-12-10-33/h1-4,7-8,14,16-17H,5-6,9-13H2. The van der Waals surface area contributed by atoms with Crippen LogP contribution in [0.5, 0.6) is 0 Å². The molecule has 36 heavy (non-hydrogen) atoms. The van der Waals surface area contributed by atoms with Crippen molar-refractivity contribution in [2.75, 3.05) is 26.3 Å². The summed E-state index contributed by atoms with van der Waals surface area (Å²) in [5.41, 5.74) is 3.15. The first-order valence-electron chi connectivity index (χ1n) is 12.0. The molecule has 0 bridgehead atoms. The molecule has 1 saturated carbocycles. The second-order valence-electron chi connectivity index (χ2n) is 9.17. The molecule has 0 unspecified atom stereocenters. The van der Waals surface area contributed by atoms with Gasteiger partial charge >= 0.3 is 0 Å². The van der Waals surface area contributed by atoms with Gasteiger partial charge in [0, 0.05) is 41.4 Å². The number of carbonyl (C=O) groups is 1. The number of hydrogen-bond donors (Lipinski definition) is 0. The Morgan fingerprint density at radius 3 is 2.69 bits per heavy atom. The summed E-state index contributed by atoms with van der Waals surface area (Å²) in [7, 11) is 0. The first-order chi connectivity index (χ1) is 17.6. The molecule has 1 aliphatic carbocycles. The number of ether oxygens (including phenoxy) is 1. The molecule has 8 nitrogen and oxygen atoms in total. The zero-order chi connectivity index (χ0) is 24.6. The number of nitrogens with zero attached hydrogens (tertiary/aromatic N) is 6. The summed E-state index contributed by atoms with van der Waals surface area (Å²) in [6.45, 7) is 2.09. The minimum Gasteiger partial charge on any atom is -0.378 e. The minimum absolute atomic E-state index is 0.100. The predicted octanol–water partition coefficient (Wildman–Crippen LogP) is 3.92. The molecule has 2 fully saturated rings. The van der Waals surface area contributed by atoms with E-state index in [0.717, 1.165) is 18.5 Å². The Morgan fingerprint density at radius 2 is 1.94 bits per heavy atom. The summed E-state index contributed by atoms with van der Waals surface area (Å²) in [5, 5.41) is 14.8. The number of benzene rings is 2. The molecule has 180 valence electrons. The lowest BCUT2D eigenvalue weighted by Crippen LogP contribution is -2.40. The minimum atomic E-state index is -0.325. The fourth-order valence-corrected chi connectivity index (χ4v) is 4.60. The van der Waals surface area contributed by atoms with Crippen LogP contribution < -0.4 is 0 Å². The lowest BCUT2D eigenvalue weighted by molar-refractivity contribution is 0.0303.